The average Bonchev–Trinajstić information content (AvgIpc) is 3.08. The summed E-state index contributed by atoms with van der Waals surface area (Å²) in [6.45, 7) is -0.257. The van der Waals surface area contributed by atoms with Crippen molar-refractivity contribution in [2.45, 2.75) is 11.4 Å². The van der Waals surface area contributed by atoms with Crippen molar-refractivity contribution in [2.75, 3.05) is 13.4 Å². The molecule has 1 amide bonds. The van der Waals surface area contributed by atoms with Gasteiger partial charge in [-0.3, -0.25) is 9.59 Å². The number of amides is 1. The normalized spacial score (nSPS) is 12.4. The van der Waals surface area contributed by atoms with Gasteiger partial charge in [0.2, 0.25) is 0 Å². The van der Waals surface area contributed by atoms with Gasteiger partial charge < -0.3 is 13.7 Å². The Labute approximate surface area is 185 Å². The average molecular weight is 473 g/mol. The molecule has 4 aromatic rings. The summed E-state index contributed by atoms with van der Waals surface area (Å²) >= 11 is 1.01. The monoisotopic (exact) mass is 472 g/mol. The highest BCUT2D eigenvalue weighted by molar-refractivity contribution is 7.90. The van der Waals surface area contributed by atoms with E-state index < -0.39 is 27.3 Å². The molecule has 2 aromatic heterocycles. The van der Waals surface area contributed by atoms with Crippen LogP contribution in [0.15, 0.2) is 67.6 Å². The van der Waals surface area contributed by atoms with Crippen molar-refractivity contribution < 1.29 is 27.2 Å². The molecular weight excluding hydrogens is 456 g/mol. The highest BCUT2D eigenvalue weighted by atomic mass is 32.2. The minimum absolute atomic E-state index is 0.0875. The number of hydrogen-bond donors (Lipinski definition) is 0. The molecule has 4 rings (SSSR count). The minimum Gasteiger partial charge on any atom is -0.468 e. The smallest absolute Gasteiger partial charge is 0.349 e. The van der Waals surface area contributed by atoms with Gasteiger partial charge in [0.15, 0.2) is 14.6 Å². The van der Waals surface area contributed by atoms with Crippen LogP contribution in [0.25, 0.3) is 21.2 Å². The number of thiazole rings is 1. The van der Waals surface area contributed by atoms with Crippen molar-refractivity contribution in [2.24, 2.45) is 4.99 Å². The zero-order chi connectivity index (χ0) is 23.0. The molecule has 32 heavy (non-hydrogen) atoms. The van der Waals surface area contributed by atoms with Crippen molar-refractivity contribution in [1.29, 1.82) is 0 Å². The molecule has 0 bridgehead atoms. The zero-order valence-corrected chi connectivity index (χ0v) is 18.5. The molecule has 9 nitrogen and oxygen atoms in total. The molecule has 0 atom stereocenters. The van der Waals surface area contributed by atoms with E-state index in [0.717, 1.165) is 17.6 Å². The molecule has 0 spiro atoms. The summed E-state index contributed by atoms with van der Waals surface area (Å²) in [5.41, 5.74) is -0.269. The number of fused-ring (bicyclic) bond motifs is 2. The standard InChI is InChI=1S/C21H16N2O7S2/c1-29-18(24)11-23-15-8-7-13(32(2,27)28)10-17(15)31-21(23)22-19(25)14-9-12-5-3-4-6-16(12)30-20(14)26/h3-10H,11H2,1-2H3. The van der Waals surface area contributed by atoms with Crippen LogP contribution in [0.5, 0.6) is 0 Å². The lowest BCUT2D eigenvalue weighted by Crippen LogP contribution is -2.23. The Morgan fingerprint density at radius 2 is 1.91 bits per heavy atom. The highest BCUT2D eigenvalue weighted by Crippen LogP contribution is 2.22. The van der Waals surface area contributed by atoms with Crippen LogP contribution in [-0.4, -0.2) is 38.2 Å². The van der Waals surface area contributed by atoms with Gasteiger partial charge in [-0.25, -0.2) is 13.2 Å². The molecule has 2 aromatic carbocycles. The molecule has 0 unspecified atom stereocenters. The summed E-state index contributed by atoms with van der Waals surface area (Å²) in [7, 11) is -2.24. The van der Waals surface area contributed by atoms with Gasteiger partial charge in [-0.1, -0.05) is 29.5 Å². The van der Waals surface area contributed by atoms with Gasteiger partial charge in [0.05, 0.1) is 22.2 Å². The summed E-state index contributed by atoms with van der Waals surface area (Å²) in [5, 5.41) is 0.558. The van der Waals surface area contributed by atoms with E-state index in [2.05, 4.69) is 4.99 Å². The maximum Gasteiger partial charge on any atom is 0.349 e. The fraction of sp³-hybridized carbons (Fsp3) is 0.143. The molecule has 2 heterocycles. The lowest BCUT2D eigenvalue weighted by atomic mass is 10.2. The Morgan fingerprint density at radius 3 is 2.62 bits per heavy atom. The van der Waals surface area contributed by atoms with E-state index in [9.17, 15) is 22.8 Å². The minimum atomic E-state index is -3.46. The quantitative estimate of drug-likeness (QED) is 0.329. The van der Waals surface area contributed by atoms with Crippen molar-refractivity contribution in [3.8, 4) is 0 Å². The third-order valence-electron chi connectivity index (χ3n) is 4.67. The molecule has 0 N–H and O–H groups in total. The lowest BCUT2D eigenvalue weighted by molar-refractivity contribution is -0.141. The maximum absolute atomic E-state index is 12.8. The van der Waals surface area contributed by atoms with Crippen molar-refractivity contribution in [3.63, 3.8) is 0 Å². The van der Waals surface area contributed by atoms with Crippen LogP contribution in [0.4, 0.5) is 0 Å². The number of para-hydroxylation sites is 1. The first-order valence-corrected chi connectivity index (χ1v) is 11.9. The van der Waals surface area contributed by atoms with Gasteiger partial charge in [0, 0.05) is 11.6 Å². The van der Waals surface area contributed by atoms with E-state index in [4.69, 9.17) is 9.15 Å². The fourth-order valence-electron chi connectivity index (χ4n) is 3.07. The number of aromatic nitrogens is 1. The predicted octanol–water partition coefficient (Wildman–Crippen LogP) is 2.13. The van der Waals surface area contributed by atoms with Crippen LogP contribution < -0.4 is 10.4 Å². The number of nitrogens with zero attached hydrogens (tertiary/aromatic N) is 2. The van der Waals surface area contributed by atoms with E-state index in [1.165, 1.54) is 35.9 Å². The number of sulfone groups is 1. The molecule has 0 radical (unpaired) electrons. The van der Waals surface area contributed by atoms with Gasteiger partial charge in [-0.15, -0.1) is 0 Å². The van der Waals surface area contributed by atoms with Gasteiger partial charge in [-0.05, 0) is 30.3 Å². The first-order valence-electron chi connectivity index (χ1n) is 9.19. The number of ether oxygens (including phenoxy) is 1. The number of rotatable bonds is 4. The summed E-state index contributed by atoms with van der Waals surface area (Å²) in [5.74, 6) is -1.44. The summed E-state index contributed by atoms with van der Waals surface area (Å²) in [4.78, 5) is 41.3. The number of carbonyl (C=O) groups is 2. The lowest BCUT2D eigenvalue weighted by Gasteiger charge is -2.04. The first-order chi connectivity index (χ1) is 15.2. The second-order valence-electron chi connectivity index (χ2n) is 6.85. The predicted molar refractivity (Wildman–Crippen MR) is 117 cm³/mol. The molecule has 164 valence electrons. The molecule has 0 aliphatic carbocycles. The second-order valence-corrected chi connectivity index (χ2v) is 9.88. The molecule has 0 saturated carbocycles. The van der Waals surface area contributed by atoms with Crippen LogP contribution >= 0.6 is 11.3 Å². The van der Waals surface area contributed by atoms with E-state index in [1.807, 2.05) is 0 Å². The van der Waals surface area contributed by atoms with Gasteiger partial charge in [-0.2, -0.15) is 4.99 Å². The number of carbonyl (C=O) groups excluding carboxylic acids is 2. The Morgan fingerprint density at radius 1 is 1.16 bits per heavy atom. The zero-order valence-electron chi connectivity index (χ0n) is 16.9. The number of methoxy groups -OCH3 is 1. The number of esters is 1. The largest absolute Gasteiger partial charge is 0.468 e. The molecule has 0 aliphatic rings. The molecule has 0 aliphatic heterocycles. The number of hydrogen-bond acceptors (Lipinski definition) is 8. The Bertz CT molecular complexity index is 1630. The molecule has 0 fully saturated rings. The van der Waals surface area contributed by atoms with Crippen LogP contribution in [0, 0.1) is 0 Å². The summed E-state index contributed by atoms with van der Waals surface area (Å²) in [6, 6.07) is 12.5. The van der Waals surface area contributed by atoms with Gasteiger partial charge in [0.25, 0.3) is 5.91 Å². The topological polar surface area (TPSA) is 125 Å². The van der Waals surface area contributed by atoms with Crippen LogP contribution in [0.1, 0.15) is 10.4 Å². The van der Waals surface area contributed by atoms with E-state index in [0.29, 0.717) is 21.2 Å². The van der Waals surface area contributed by atoms with Gasteiger partial charge in [0.1, 0.15) is 17.7 Å². The maximum atomic E-state index is 12.8. The Kier molecular flexibility index (Phi) is 5.53. The van der Waals surface area contributed by atoms with Crippen molar-refractivity contribution in [3.05, 3.63) is 69.3 Å². The highest BCUT2D eigenvalue weighted by Gasteiger charge is 2.17. The van der Waals surface area contributed by atoms with Crippen molar-refractivity contribution in [1.82, 2.24) is 4.57 Å². The number of benzene rings is 2. The SMILES string of the molecule is COC(=O)Cn1c(=NC(=O)c2cc3ccccc3oc2=O)sc2cc(S(C)(=O)=O)ccc21. The van der Waals surface area contributed by atoms with E-state index in [-0.39, 0.29) is 21.8 Å². The third kappa shape index (κ3) is 4.12. The molecule has 11 heteroatoms. The first kappa shape index (κ1) is 21.7. The van der Waals surface area contributed by atoms with Crippen molar-refractivity contribution >= 4 is 54.2 Å². The van der Waals surface area contributed by atoms with Crippen LogP contribution in [-0.2, 0) is 25.9 Å². The second kappa shape index (κ2) is 8.17. The molecular formula is C21H16N2O7S2. The summed E-state index contributed by atoms with van der Waals surface area (Å²) in [6.07, 6.45) is 1.08. The fourth-order valence-corrected chi connectivity index (χ4v) is 4.86. The van der Waals surface area contributed by atoms with Gasteiger partial charge >= 0.3 is 11.6 Å². The summed E-state index contributed by atoms with van der Waals surface area (Å²) < 4.78 is 35.6. The molecule has 0 saturated heterocycles. The third-order valence-corrected chi connectivity index (χ3v) is 6.82. The Balaban J connectivity index is 1.91. The van der Waals surface area contributed by atoms with E-state index in [1.54, 1.807) is 24.3 Å². The van der Waals surface area contributed by atoms with Crippen LogP contribution in [0.3, 0.4) is 0 Å². The van der Waals surface area contributed by atoms with Crippen LogP contribution in [0.2, 0.25) is 0 Å². The van der Waals surface area contributed by atoms with E-state index >= 15 is 0 Å². The Hall–Kier alpha value is -3.57.